The van der Waals surface area contributed by atoms with Gasteiger partial charge in [-0.3, -0.25) is 4.79 Å². The van der Waals surface area contributed by atoms with Gasteiger partial charge in [-0.15, -0.1) is 0 Å². The van der Waals surface area contributed by atoms with E-state index in [0.717, 1.165) is 48.1 Å². The molecule has 0 spiro atoms. The number of aromatic nitrogens is 2. The summed E-state index contributed by atoms with van der Waals surface area (Å²) in [6.07, 6.45) is 7.66. The fraction of sp³-hybridized carbons (Fsp3) is 0.526. The first-order valence-corrected chi connectivity index (χ1v) is 8.81. The van der Waals surface area contributed by atoms with Crippen LogP contribution in [0.2, 0.25) is 0 Å². The molecule has 1 aromatic carbocycles. The molecule has 1 amide bonds. The summed E-state index contributed by atoms with van der Waals surface area (Å²) in [5.41, 5.74) is 4.46. The number of fused-ring (bicyclic) bond motifs is 1. The minimum absolute atomic E-state index is 0.0122. The number of carbonyl (C=O) groups excluding carboxylic acids is 1. The molecule has 3 rings (SSSR count). The van der Waals surface area contributed by atoms with Gasteiger partial charge in [0.25, 0.3) is 5.91 Å². The lowest BCUT2D eigenvalue weighted by Gasteiger charge is -2.22. The lowest BCUT2D eigenvalue weighted by Crippen LogP contribution is -2.36. The van der Waals surface area contributed by atoms with Crippen LogP contribution >= 0.6 is 0 Å². The van der Waals surface area contributed by atoms with Crippen molar-refractivity contribution in [1.82, 2.24) is 15.3 Å². The highest BCUT2D eigenvalue weighted by molar-refractivity contribution is 5.97. The maximum Gasteiger partial charge on any atom is 0.251 e. The number of rotatable bonds is 4. The molecule has 122 valence electrons. The molecule has 0 aliphatic heterocycles. The van der Waals surface area contributed by atoms with E-state index >= 15 is 0 Å². The molecule has 1 heterocycles. The van der Waals surface area contributed by atoms with Crippen molar-refractivity contribution < 1.29 is 4.79 Å². The second-order valence-corrected chi connectivity index (χ2v) is 6.34. The Morgan fingerprint density at radius 2 is 1.70 bits per heavy atom. The SMILES string of the molecule is CCc1nc2ccc(C(=O)NC3CCCCC3)cc2nc1CC. The fourth-order valence-corrected chi connectivity index (χ4v) is 3.35. The minimum atomic E-state index is 0.0122. The van der Waals surface area contributed by atoms with Crippen molar-refractivity contribution in [2.45, 2.75) is 64.8 Å². The molecule has 1 fully saturated rings. The molecule has 1 aromatic heterocycles. The van der Waals surface area contributed by atoms with E-state index in [4.69, 9.17) is 4.98 Å². The van der Waals surface area contributed by atoms with Gasteiger partial charge in [0.15, 0.2) is 0 Å². The van der Waals surface area contributed by atoms with Gasteiger partial charge < -0.3 is 5.32 Å². The van der Waals surface area contributed by atoms with E-state index in [0.29, 0.717) is 11.6 Å². The Labute approximate surface area is 137 Å². The highest BCUT2D eigenvalue weighted by Gasteiger charge is 2.17. The van der Waals surface area contributed by atoms with Crippen LogP contribution in [0.25, 0.3) is 11.0 Å². The van der Waals surface area contributed by atoms with Crippen LogP contribution in [0.5, 0.6) is 0 Å². The molecule has 23 heavy (non-hydrogen) atoms. The van der Waals surface area contributed by atoms with Crippen molar-refractivity contribution in [1.29, 1.82) is 0 Å². The number of hydrogen-bond donors (Lipinski definition) is 1. The first-order valence-electron chi connectivity index (χ1n) is 8.81. The normalized spacial score (nSPS) is 15.7. The van der Waals surface area contributed by atoms with Gasteiger partial charge in [0.1, 0.15) is 0 Å². The Hall–Kier alpha value is -1.97. The Balaban J connectivity index is 1.85. The van der Waals surface area contributed by atoms with E-state index in [2.05, 4.69) is 24.1 Å². The summed E-state index contributed by atoms with van der Waals surface area (Å²) in [5, 5.41) is 3.16. The number of aryl methyl sites for hydroxylation is 2. The smallest absolute Gasteiger partial charge is 0.251 e. The predicted molar refractivity (Wildman–Crippen MR) is 92.6 cm³/mol. The van der Waals surface area contributed by atoms with Crippen LogP contribution in [0, 0.1) is 0 Å². The Kier molecular flexibility index (Phi) is 4.89. The molecular formula is C19H25N3O. The van der Waals surface area contributed by atoms with Gasteiger partial charge in [0, 0.05) is 11.6 Å². The molecule has 2 aromatic rings. The molecular weight excluding hydrogens is 286 g/mol. The van der Waals surface area contributed by atoms with Crippen LogP contribution < -0.4 is 5.32 Å². The van der Waals surface area contributed by atoms with E-state index in [-0.39, 0.29) is 5.91 Å². The number of hydrogen-bond acceptors (Lipinski definition) is 3. The van der Waals surface area contributed by atoms with Gasteiger partial charge in [-0.1, -0.05) is 33.1 Å². The van der Waals surface area contributed by atoms with Crippen molar-refractivity contribution in [2.24, 2.45) is 0 Å². The van der Waals surface area contributed by atoms with Crippen LogP contribution in [-0.4, -0.2) is 21.9 Å². The van der Waals surface area contributed by atoms with E-state index in [1.54, 1.807) is 0 Å². The Morgan fingerprint density at radius 3 is 2.35 bits per heavy atom. The third-order valence-electron chi connectivity index (χ3n) is 4.69. The summed E-state index contributed by atoms with van der Waals surface area (Å²) >= 11 is 0. The summed E-state index contributed by atoms with van der Waals surface area (Å²) in [5.74, 6) is 0.0122. The highest BCUT2D eigenvalue weighted by atomic mass is 16.1. The number of nitrogens with one attached hydrogen (secondary N) is 1. The van der Waals surface area contributed by atoms with Gasteiger partial charge in [-0.2, -0.15) is 0 Å². The third kappa shape index (κ3) is 3.52. The summed E-state index contributed by atoms with van der Waals surface area (Å²) in [7, 11) is 0. The summed E-state index contributed by atoms with van der Waals surface area (Å²) in [6, 6.07) is 5.97. The zero-order chi connectivity index (χ0) is 16.2. The van der Waals surface area contributed by atoms with Crippen LogP contribution in [0.1, 0.15) is 67.7 Å². The molecule has 4 heteroatoms. The quantitative estimate of drug-likeness (QED) is 0.934. The highest BCUT2D eigenvalue weighted by Crippen LogP contribution is 2.19. The zero-order valence-corrected chi connectivity index (χ0v) is 14.1. The van der Waals surface area contributed by atoms with Crippen molar-refractivity contribution in [2.75, 3.05) is 0 Å². The standard InChI is InChI=1S/C19H25N3O/c1-3-15-16(4-2)22-18-12-13(10-11-17(18)21-15)19(23)20-14-8-6-5-7-9-14/h10-12,14H,3-9H2,1-2H3,(H,20,23). The minimum Gasteiger partial charge on any atom is -0.349 e. The van der Waals surface area contributed by atoms with Gasteiger partial charge in [-0.25, -0.2) is 9.97 Å². The fourth-order valence-electron chi connectivity index (χ4n) is 3.35. The van der Waals surface area contributed by atoms with Gasteiger partial charge in [-0.05, 0) is 43.9 Å². The molecule has 0 radical (unpaired) electrons. The van der Waals surface area contributed by atoms with Crippen molar-refractivity contribution >= 4 is 16.9 Å². The van der Waals surface area contributed by atoms with E-state index in [1.807, 2.05) is 18.2 Å². The van der Waals surface area contributed by atoms with Crippen molar-refractivity contribution in [3.05, 3.63) is 35.2 Å². The number of benzene rings is 1. The van der Waals surface area contributed by atoms with Crippen LogP contribution in [0.3, 0.4) is 0 Å². The monoisotopic (exact) mass is 311 g/mol. The molecule has 1 aliphatic rings. The number of nitrogens with zero attached hydrogens (tertiary/aromatic N) is 2. The molecule has 1 aliphatic carbocycles. The third-order valence-corrected chi connectivity index (χ3v) is 4.69. The molecule has 0 saturated heterocycles. The van der Waals surface area contributed by atoms with Crippen LogP contribution in [0.15, 0.2) is 18.2 Å². The van der Waals surface area contributed by atoms with Gasteiger partial charge >= 0.3 is 0 Å². The van der Waals surface area contributed by atoms with Crippen LogP contribution in [0.4, 0.5) is 0 Å². The number of carbonyl (C=O) groups is 1. The topological polar surface area (TPSA) is 54.9 Å². The molecule has 1 N–H and O–H groups in total. The zero-order valence-electron chi connectivity index (χ0n) is 14.1. The Bertz CT molecular complexity index is 705. The van der Waals surface area contributed by atoms with Gasteiger partial charge in [0.05, 0.1) is 22.4 Å². The lowest BCUT2D eigenvalue weighted by atomic mass is 9.95. The molecule has 0 unspecified atom stereocenters. The van der Waals surface area contributed by atoms with Crippen LogP contribution in [-0.2, 0) is 12.8 Å². The second kappa shape index (κ2) is 7.07. The largest absolute Gasteiger partial charge is 0.349 e. The maximum atomic E-state index is 12.5. The number of amides is 1. The average molecular weight is 311 g/mol. The maximum absolute atomic E-state index is 12.5. The molecule has 0 bridgehead atoms. The molecule has 4 nitrogen and oxygen atoms in total. The Morgan fingerprint density at radius 1 is 1.04 bits per heavy atom. The van der Waals surface area contributed by atoms with E-state index < -0.39 is 0 Å². The van der Waals surface area contributed by atoms with Crippen molar-refractivity contribution in [3.63, 3.8) is 0 Å². The molecule has 0 atom stereocenters. The molecule has 1 saturated carbocycles. The predicted octanol–water partition coefficient (Wildman–Crippen LogP) is 3.82. The average Bonchev–Trinajstić information content (AvgIpc) is 2.60. The summed E-state index contributed by atoms with van der Waals surface area (Å²) in [6.45, 7) is 4.19. The summed E-state index contributed by atoms with van der Waals surface area (Å²) in [4.78, 5) is 21.9. The lowest BCUT2D eigenvalue weighted by molar-refractivity contribution is 0.0928. The first-order chi connectivity index (χ1) is 11.2. The van der Waals surface area contributed by atoms with Crippen molar-refractivity contribution in [3.8, 4) is 0 Å². The summed E-state index contributed by atoms with van der Waals surface area (Å²) < 4.78 is 0. The van der Waals surface area contributed by atoms with E-state index in [9.17, 15) is 4.79 Å². The second-order valence-electron chi connectivity index (χ2n) is 6.34. The van der Waals surface area contributed by atoms with E-state index in [1.165, 1.54) is 19.3 Å². The first kappa shape index (κ1) is 15.9. The van der Waals surface area contributed by atoms with Gasteiger partial charge in [0.2, 0.25) is 0 Å².